The van der Waals surface area contributed by atoms with Gasteiger partial charge >= 0.3 is 6.18 Å². The van der Waals surface area contributed by atoms with Crippen LogP contribution in [0, 0.1) is 5.92 Å². The minimum absolute atomic E-state index is 0.0766. The van der Waals surface area contributed by atoms with E-state index in [9.17, 15) is 23.4 Å². The fourth-order valence-electron chi connectivity index (χ4n) is 3.51. The third-order valence-corrected chi connectivity index (χ3v) is 4.91. The number of allylic oxidation sites excluding steroid dienone is 2. The maximum absolute atomic E-state index is 13.0. The van der Waals surface area contributed by atoms with Gasteiger partial charge in [0.1, 0.15) is 24.0 Å². The molecule has 1 saturated heterocycles. The Morgan fingerprint density at radius 1 is 1.24 bits per heavy atom. The molecule has 0 amide bonds. The Kier molecular flexibility index (Phi) is 6.62. The summed E-state index contributed by atoms with van der Waals surface area (Å²) in [5.74, 6) is 0.504. The minimum Gasteiger partial charge on any atom is -0.389 e. The number of nitrogens with zero attached hydrogens (tertiary/aromatic N) is 1. The zero-order valence-corrected chi connectivity index (χ0v) is 16.2. The van der Waals surface area contributed by atoms with Crippen LogP contribution < -0.4 is 10.6 Å². The van der Waals surface area contributed by atoms with Crippen molar-refractivity contribution in [2.45, 2.75) is 57.1 Å². The molecule has 0 aliphatic carbocycles. The lowest BCUT2D eigenvalue weighted by molar-refractivity contribution is -0.145. The lowest BCUT2D eigenvalue weighted by Gasteiger charge is -2.41. The van der Waals surface area contributed by atoms with Crippen LogP contribution >= 0.6 is 0 Å². The topological polar surface area (TPSA) is 86.1 Å². The van der Waals surface area contributed by atoms with Crippen LogP contribution in [0.1, 0.15) is 31.1 Å². The number of ether oxygens (including phenoxy) is 1. The van der Waals surface area contributed by atoms with Gasteiger partial charge in [0.05, 0.1) is 12.6 Å². The van der Waals surface area contributed by atoms with Crippen molar-refractivity contribution in [1.82, 2.24) is 10.6 Å². The Balaban J connectivity index is 1.76. The molecule has 1 unspecified atom stereocenters. The van der Waals surface area contributed by atoms with Crippen LogP contribution in [0.25, 0.3) is 0 Å². The Morgan fingerprint density at radius 3 is 2.55 bits per heavy atom. The third-order valence-electron chi connectivity index (χ3n) is 4.91. The molecule has 0 spiro atoms. The average molecular weight is 413 g/mol. The van der Waals surface area contributed by atoms with Crippen LogP contribution in [0.2, 0.25) is 0 Å². The SMILES string of the molecule is CC(C)Cc1ccc([C@H]2OC[C@H](O)[C@H](O)[C@H]2NC2N=CC=C(C(F)(F)F)N2)cc1. The highest BCUT2D eigenvalue weighted by Crippen LogP contribution is 2.31. The molecule has 2 aliphatic rings. The molecule has 160 valence electrons. The van der Waals surface area contributed by atoms with Crippen molar-refractivity contribution in [3.63, 3.8) is 0 Å². The number of aliphatic imine (C=N–C) groups is 1. The molecule has 4 N–H and O–H groups in total. The van der Waals surface area contributed by atoms with E-state index in [1.807, 2.05) is 24.3 Å². The molecule has 1 aromatic rings. The van der Waals surface area contributed by atoms with Gasteiger partial charge in [0.15, 0.2) is 6.29 Å². The lowest BCUT2D eigenvalue weighted by atomic mass is 9.91. The molecule has 1 aromatic carbocycles. The maximum Gasteiger partial charge on any atom is 0.431 e. The summed E-state index contributed by atoms with van der Waals surface area (Å²) in [4.78, 5) is 3.95. The van der Waals surface area contributed by atoms with Gasteiger partial charge in [-0.05, 0) is 29.5 Å². The fraction of sp³-hybridized carbons (Fsp3) is 0.550. The van der Waals surface area contributed by atoms with Crippen molar-refractivity contribution in [1.29, 1.82) is 0 Å². The molecule has 0 bridgehead atoms. The van der Waals surface area contributed by atoms with E-state index in [0.29, 0.717) is 5.92 Å². The summed E-state index contributed by atoms with van der Waals surface area (Å²) >= 11 is 0. The minimum atomic E-state index is -4.54. The molecular weight excluding hydrogens is 387 g/mol. The normalized spacial score (nSPS) is 30.2. The number of rotatable bonds is 5. The molecule has 2 heterocycles. The summed E-state index contributed by atoms with van der Waals surface area (Å²) in [6.45, 7) is 4.17. The zero-order valence-electron chi connectivity index (χ0n) is 16.2. The molecular formula is C20H26F3N3O3. The van der Waals surface area contributed by atoms with Gasteiger partial charge in [-0.2, -0.15) is 13.2 Å². The average Bonchev–Trinajstić information content (AvgIpc) is 2.66. The van der Waals surface area contributed by atoms with E-state index in [1.54, 1.807) is 0 Å². The number of halogens is 3. The van der Waals surface area contributed by atoms with E-state index in [2.05, 4.69) is 29.5 Å². The van der Waals surface area contributed by atoms with Gasteiger partial charge in [-0.1, -0.05) is 38.1 Å². The summed E-state index contributed by atoms with van der Waals surface area (Å²) in [5.41, 5.74) is 0.974. The van der Waals surface area contributed by atoms with Crippen LogP contribution in [-0.2, 0) is 11.2 Å². The number of benzene rings is 1. The summed E-state index contributed by atoms with van der Waals surface area (Å²) in [7, 11) is 0. The molecule has 3 rings (SSSR count). The van der Waals surface area contributed by atoms with Gasteiger partial charge in [0.2, 0.25) is 0 Å². The number of hydrogen-bond donors (Lipinski definition) is 4. The molecule has 2 aliphatic heterocycles. The Bertz CT molecular complexity index is 750. The molecule has 6 nitrogen and oxygen atoms in total. The van der Waals surface area contributed by atoms with Gasteiger partial charge in [-0.25, -0.2) is 0 Å². The molecule has 29 heavy (non-hydrogen) atoms. The van der Waals surface area contributed by atoms with E-state index in [-0.39, 0.29) is 6.61 Å². The van der Waals surface area contributed by atoms with Crippen LogP contribution in [0.5, 0.6) is 0 Å². The van der Waals surface area contributed by atoms with Crippen LogP contribution in [0.3, 0.4) is 0 Å². The van der Waals surface area contributed by atoms with E-state index in [1.165, 1.54) is 0 Å². The highest BCUT2D eigenvalue weighted by atomic mass is 19.4. The molecule has 0 saturated carbocycles. The lowest BCUT2D eigenvalue weighted by Crippen LogP contribution is -2.60. The van der Waals surface area contributed by atoms with Crippen molar-refractivity contribution >= 4 is 6.21 Å². The van der Waals surface area contributed by atoms with Gasteiger partial charge < -0.3 is 20.3 Å². The van der Waals surface area contributed by atoms with Crippen molar-refractivity contribution < 1.29 is 28.1 Å². The number of aliphatic hydroxyl groups excluding tert-OH is 2. The second-order valence-electron chi connectivity index (χ2n) is 7.77. The number of alkyl halides is 3. The van der Waals surface area contributed by atoms with Crippen LogP contribution in [0.15, 0.2) is 41.0 Å². The van der Waals surface area contributed by atoms with Crippen molar-refractivity contribution in [2.24, 2.45) is 10.9 Å². The largest absolute Gasteiger partial charge is 0.431 e. The first kappa shape index (κ1) is 21.8. The van der Waals surface area contributed by atoms with E-state index in [4.69, 9.17) is 4.74 Å². The van der Waals surface area contributed by atoms with E-state index >= 15 is 0 Å². The molecule has 5 atom stereocenters. The zero-order chi connectivity index (χ0) is 21.2. The number of hydrogen-bond acceptors (Lipinski definition) is 6. The van der Waals surface area contributed by atoms with Gasteiger partial charge in [-0.3, -0.25) is 10.3 Å². The standard InChI is InChI=1S/C20H26F3N3O3/c1-11(2)9-12-3-5-13(6-4-12)18-16(17(28)14(27)10-29-18)26-19-24-8-7-15(25-19)20(21,22)23/h3-8,11,14,16-19,25-28H,9-10H2,1-2H3/t14-,16+,17-,18+,19?/m0/s1. The van der Waals surface area contributed by atoms with Crippen molar-refractivity contribution in [3.8, 4) is 0 Å². The van der Waals surface area contributed by atoms with Gasteiger partial charge in [0, 0.05) is 6.21 Å². The van der Waals surface area contributed by atoms with Crippen molar-refractivity contribution in [3.05, 3.63) is 47.2 Å². The Morgan fingerprint density at radius 2 is 1.93 bits per heavy atom. The molecule has 0 radical (unpaired) electrons. The first-order chi connectivity index (χ1) is 13.6. The number of aliphatic hydroxyl groups is 2. The van der Waals surface area contributed by atoms with Crippen LogP contribution in [0.4, 0.5) is 13.2 Å². The predicted molar refractivity (Wildman–Crippen MR) is 102 cm³/mol. The summed E-state index contributed by atoms with van der Waals surface area (Å²) in [5, 5.41) is 25.6. The van der Waals surface area contributed by atoms with E-state index in [0.717, 1.165) is 29.8 Å². The molecule has 9 heteroatoms. The Hall–Kier alpha value is -1.94. The first-order valence-electron chi connectivity index (χ1n) is 9.55. The summed E-state index contributed by atoms with van der Waals surface area (Å²) in [6.07, 6.45) is -5.89. The summed E-state index contributed by atoms with van der Waals surface area (Å²) in [6, 6.07) is 6.82. The van der Waals surface area contributed by atoms with Crippen LogP contribution in [-0.4, -0.2) is 53.8 Å². The molecule has 1 fully saturated rings. The molecule has 0 aromatic heterocycles. The first-order valence-corrected chi connectivity index (χ1v) is 9.55. The summed E-state index contributed by atoms with van der Waals surface area (Å²) < 4.78 is 44.6. The van der Waals surface area contributed by atoms with Crippen molar-refractivity contribution in [2.75, 3.05) is 6.61 Å². The second kappa shape index (κ2) is 8.83. The Labute approximate surface area is 167 Å². The third kappa shape index (κ3) is 5.36. The maximum atomic E-state index is 13.0. The highest BCUT2D eigenvalue weighted by molar-refractivity contribution is 5.73. The van der Waals surface area contributed by atoms with Gasteiger partial charge in [-0.15, -0.1) is 0 Å². The predicted octanol–water partition coefficient (Wildman–Crippen LogP) is 2.04. The van der Waals surface area contributed by atoms with Gasteiger partial charge in [0.25, 0.3) is 0 Å². The monoisotopic (exact) mass is 413 g/mol. The quantitative estimate of drug-likeness (QED) is 0.594. The van der Waals surface area contributed by atoms with E-state index < -0.39 is 42.5 Å². The number of nitrogens with one attached hydrogen (secondary N) is 2. The highest BCUT2D eigenvalue weighted by Gasteiger charge is 2.42. The fourth-order valence-corrected chi connectivity index (χ4v) is 3.51. The smallest absolute Gasteiger partial charge is 0.389 e. The second-order valence-corrected chi connectivity index (χ2v) is 7.77.